The van der Waals surface area contributed by atoms with Crippen molar-refractivity contribution in [3.05, 3.63) is 51.2 Å². The number of aliphatic carboxylic acids is 1. The number of ketones is 1. The second-order valence-electron chi connectivity index (χ2n) is 4.29. The molecular formula is C14H10O4S. The van der Waals surface area contributed by atoms with Crippen molar-refractivity contribution in [2.45, 2.75) is 13.0 Å². The molecule has 2 aromatic rings. The number of ether oxygens (including phenoxy) is 1. The van der Waals surface area contributed by atoms with Crippen LogP contribution in [0, 0.1) is 0 Å². The first-order chi connectivity index (χ1) is 9.15. The highest BCUT2D eigenvalue weighted by atomic mass is 32.1. The van der Waals surface area contributed by atoms with Crippen molar-refractivity contribution in [3.8, 4) is 5.75 Å². The molecule has 0 unspecified atom stereocenters. The minimum atomic E-state index is -0.904. The van der Waals surface area contributed by atoms with Crippen LogP contribution in [0.2, 0.25) is 0 Å². The van der Waals surface area contributed by atoms with Crippen LogP contribution in [-0.2, 0) is 17.8 Å². The molecule has 0 aliphatic carbocycles. The molecule has 0 radical (unpaired) electrons. The molecule has 1 aliphatic rings. The van der Waals surface area contributed by atoms with Crippen LogP contribution in [0.4, 0.5) is 0 Å². The monoisotopic (exact) mass is 274 g/mol. The minimum Gasteiger partial charge on any atom is -0.488 e. The van der Waals surface area contributed by atoms with Crippen molar-refractivity contribution in [1.29, 1.82) is 0 Å². The van der Waals surface area contributed by atoms with Gasteiger partial charge in [0.15, 0.2) is 0 Å². The van der Waals surface area contributed by atoms with E-state index in [0.717, 1.165) is 5.56 Å². The van der Waals surface area contributed by atoms with Gasteiger partial charge in [0.25, 0.3) is 0 Å². The van der Waals surface area contributed by atoms with Gasteiger partial charge in [0, 0.05) is 5.56 Å². The Hall–Kier alpha value is -2.14. The van der Waals surface area contributed by atoms with Crippen molar-refractivity contribution in [2.24, 2.45) is 0 Å². The van der Waals surface area contributed by atoms with Gasteiger partial charge in [-0.3, -0.25) is 9.59 Å². The van der Waals surface area contributed by atoms with E-state index in [1.165, 1.54) is 11.3 Å². The zero-order valence-corrected chi connectivity index (χ0v) is 10.7. The normalized spacial score (nSPS) is 13.2. The Bertz CT molecular complexity index is 672. The molecule has 19 heavy (non-hydrogen) atoms. The Balaban J connectivity index is 2.03. The van der Waals surface area contributed by atoms with Crippen molar-refractivity contribution < 1.29 is 19.4 Å². The summed E-state index contributed by atoms with van der Waals surface area (Å²) in [6.07, 6.45) is -0.0768. The van der Waals surface area contributed by atoms with Gasteiger partial charge in [0.2, 0.25) is 5.78 Å². The van der Waals surface area contributed by atoms with Gasteiger partial charge in [0.1, 0.15) is 12.4 Å². The number of carbonyl (C=O) groups excluding carboxylic acids is 1. The van der Waals surface area contributed by atoms with Crippen LogP contribution in [0.15, 0.2) is 29.6 Å². The highest BCUT2D eigenvalue weighted by Crippen LogP contribution is 2.31. The molecule has 0 bridgehead atoms. The van der Waals surface area contributed by atoms with Gasteiger partial charge in [0.05, 0.1) is 16.9 Å². The first kappa shape index (κ1) is 11.9. The number of carboxylic acid groups (broad SMARTS) is 1. The standard InChI is InChI=1S/C14H10O4S/c15-12(16)6-8-1-2-10-11(5-8)18-7-9-3-4-19-14(9)13(10)17/h1-5H,6-7H2,(H,15,16). The minimum absolute atomic E-state index is 0.0561. The van der Waals surface area contributed by atoms with E-state index in [1.54, 1.807) is 18.2 Å². The maximum absolute atomic E-state index is 12.3. The van der Waals surface area contributed by atoms with E-state index in [0.29, 0.717) is 28.4 Å². The fraction of sp³-hybridized carbons (Fsp3) is 0.143. The fourth-order valence-electron chi connectivity index (χ4n) is 2.08. The Labute approximate surface area is 113 Å². The number of hydrogen-bond donors (Lipinski definition) is 1. The summed E-state index contributed by atoms with van der Waals surface area (Å²) in [6, 6.07) is 6.82. The van der Waals surface area contributed by atoms with Crippen molar-refractivity contribution in [2.75, 3.05) is 0 Å². The van der Waals surface area contributed by atoms with Gasteiger partial charge in [-0.1, -0.05) is 6.07 Å². The number of rotatable bonds is 2. The lowest BCUT2D eigenvalue weighted by Gasteiger charge is -2.07. The van der Waals surface area contributed by atoms with Crippen LogP contribution in [-0.4, -0.2) is 16.9 Å². The molecule has 0 atom stereocenters. The second kappa shape index (κ2) is 4.51. The van der Waals surface area contributed by atoms with Crippen LogP contribution in [0.5, 0.6) is 5.75 Å². The highest BCUT2D eigenvalue weighted by Gasteiger charge is 2.23. The van der Waals surface area contributed by atoms with E-state index < -0.39 is 5.97 Å². The Morgan fingerprint density at radius 3 is 3.00 bits per heavy atom. The molecule has 0 amide bonds. The molecule has 2 heterocycles. The van der Waals surface area contributed by atoms with Crippen LogP contribution in [0.25, 0.3) is 0 Å². The lowest BCUT2D eigenvalue weighted by Crippen LogP contribution is -2.03. The molecule has 5 heteroatoms. The summed E-state index contributed by atoms with van der Waals surface area (Å²) in [6.45, 7) is 0.341. The van der Waals surface area contributed by atoms with Crippen LogP contribution >= 0.6 is 11.3 Å². The van der Waals surface area contributed by atoms with E-state index in [4.69, 9.17) is 9.84 Å². The first-order valence-corrected chi connectivity index (χ1v) is 6.61. The lowest BCUT2D eigenvalue weighted by atomic mass is 10.0. The van der Waals surface area contributed by atoms with Gasteiger partial charge in [-0.05, 0) is 29.1 Å². The third-order valence-corrected chi connectivity index (χ3v) is 3.94. The maximum Gasteiger partial charge on any atom is 0.307 e. The maximum atomic E-state index is 12.3. The first-order valence-electron chi connectivity index (χ1n) is 5.74. The van der Waals surface area contributed by atoms with E-state index in [2.05, 4.69) is 0 Å². The van der Waals surface area contributed by atoms with E-state index >= 15 is 0 Å². The molecule has 1 N–H and O–H groups in total. The van der Waals surface area contributed by atoms with Crippen LogP contribution in [0.3, 0.4) is 0 Å². The summed E-state index contributed by atoms with van der Waals surface area (Å²) in [5.74, 6) is -0.495. The summed E-state index contributed by atoms with van der Waals surface area (Å²) in [5, 5.41) is 10.7. The molecular weight excluding hydrogens is 264 g/mol. The molecule has 0 fully saturated rings. The fourth-order valence-corrected chi connectivity index (χ4v) is 2.95. The Morgan fingerprint density at radius 1 is 1.37 bits per heavy atom. The van der Waals surface area contributed by atoms with Crippen molar-refractivity contribution in [1.82, 2.24) is 0 Å². The number of benzene rings is 1. The largest absolute Gasteiger partial charge is 0.488 e. The Morgan fingerprint density at radius 2 is 2.21 bits per heavy atom. The van der Waals surface area contributed by atoms with Gasteiger partial charge in [-0.25, -0.2) is 0 Å². The smallest absolute Gasteiger partial charge is 0.307 e. The quantitative estimate of drug-likeness (QED) is 0.913. The molecule has 0 saturated heterocycles. The topological polar surface area (TPSA) is 63.6 Å². The molecule has 1 aromatic heterocycles. The molecule has 0 spiro atoms. The summed E-state index contributed by atoms with van der Waals surface area (Å²) >= 11 is 1.40. The Kier molecular flexibility index (Phi) is 2.83. The third kappa shape index (κ3) is 2.13. The van der Waals surface area contributed by atoms with Gasteiger partial charge >= 0.3 is 5.97 Å². The van der Waals surface area contributed by atoms with Gasteiger partial charge < -0.3 is 9.84 Å². The predicted molar refractivity (Wildman–Crippen MR) is 69.9 cm³/mol. The van der Waals surface area contributed by atoms with Crippen LogP contribution < -0.4 is 4.74 Å². The molecule has 1 aromatic carbocycles. The van der Waals surface area contributed by atoms with Crippen molar-refractivity contribution in [3.63, 3.8) is 0 Å². The SMILES string of the molecule is O=C(O)Cc1ccc2c(c1)OCc1ccsc1C2=O. The lowest BCUT2D eigenvalue weighted by molar-refractivity contribution is -0.136. The highest BCUT2D eigenvalue weighted by molar-refractivity contribution is 7.12. The summed E-state index contributed by atoms with van der Waals surface area (Å²) in [4.78, 5) is 23.7. The summed E-state index contributed by atoms with van der Waals surface area (Å²) < 4.78 is 5.62. The number of carbonyl (C=O) groups is 2. The molecule has 4 nitrogen and oxygen atoms in total. The molecule has 1 aliphatic heterocycles. The van der Waals surface area contributed by atoms with E-state index in [9.17, 15) is 9.59 Å². The molecule has 0 saturated carbocycles. The zero-order valence-electron chi connectivity index (χ0n) is 9.88. The average Bonchev–Trinajstić information content (AvgIpc) is 2.79. The average molecular weight is 274 g/mol. The van der Waals surface area contributed by atoms with E-state index in [-0.39, 0.29) is 12.2 Å². The zero-order chi connectivity index (χ0) is 13.4. The third-order valence-electron chi connectivity index (χ3n) is 2.98. The second-order valence-corrected chi connectivity index (χ2v) is 5.21. The number of carboxylic acids is 1. The number of thiophene rings is 1. The van der Waals surface area contributed by atoms with Crippen molar-refractivity contribution >= 4 is 23.1 Å². The summed E-state index contributed by atoms with van der Waals surface area (Å²) in [5.41, 5.74) is 2.01. The predicted octanol–water partition coefficient (Wildman–Crippen LogP) is 2.50. The number of hydrogen-bond acceptors (Lipinski definition) is 4. The molecule has 96 valence electrons. The van der Waals surface area contributed by atoms with Crippen LogP contribution in [0.1, 0.15) is 26.4 Å². The summed E-state index contributed by atoms with van der Waals surface area (Å²) in [7, 11) is 0. The van der Waals surface area contributed by atoms with Gasteiger partial charge in [-0.15, -0.1) is 11.3 Å². The van der Waals surface area contributed by atoms with E-state index in [1.807, 2.05) is 11.4 Å². The van der Waals surface area contributed by atoms with Gasteiger partial charge in [-0.2, -0.15) is 0 Å². The number of fused-ring (bicyclic) bond motifs is 2. The molecule has 3 rings (SSSR count).